The van der Waals surface area contributed by atoms with Gasteiger partial charge >= 0.3 is 0 Å². The van der Waals surface area contributed by atoms with E-state index < -0.39 is 29.7 Å². The number of aliphatic hydroxyl groups is 1. The summed E-state index contributed by atoms with van der Waals surface area (Å²) in [6, 6.07) is 12.8. The Bertz CT molecular complexity index is 1340. The molecule has 2 aromatic heterocycles. The predicted octanol–water partition coefficient (Wildman–Crippen LogP) is 1.99. The van der Waals surface area contributed by atoms with E-state index in [0.717, 1.165) is 0 Å². The topological polar surface area (TPSA) is 105 Å². The van der Waals surface area contributed by atoms with Crippen molar-refractivity contribution in [2.24, 2.45) is 11.8 Å². The average Bonchev–Trinajstić information content (AvgIpc) is 3.11. The SMILES string of the molecule is CCNC(=O)[C@H]1[C@H](CO)[C@H]2Cn3c(ccc(-c4cccc(F)c4)c3=O)[C@@H]1N2C(=O)c1ccccn1. The molecule has 9 heteroatoms. The van der Waals surface area contributed by atoms with E-state index in [4.69, 9.17) is 0 Å². The van der Waals surface area contributed by atoms with Crippen molar-refractivity contribution in [3.05, 3.63) is 88.4 Å². The molecule has 3 aromatic rings. The van der Waals surface area contributed by atoms with Crippen molar-refractivity contribution in [1.82, 2.24) is 19.8 Å². The number of aliphatic hydroxyl groups excluding tert-OH is 1. The number of hydrogen-bond donors (Lipinski definition) is 2. The predicted molar refractivity (Wildman–Crippen MR) is 126 cm³/mol. The third-order valence-electron chi connectivity index (χ3n) is 6.95. The molecular weight excluding hydrogens is 451 g/mol. The average molecular weight is 477 g/mol. The zero-order chi connectivity index (χ0) is 24.7. The number of amides is 2. The molecule has 0 spiro atoms. The molecule has 0 aliphatic carbocycles. The third kappa shape index (κ3) is 3.72. The van der Waals surface area contributed by atoms with Crippen LogP contribution >= 0.6 is 0 Å². The van der Waals surface area contributed by atoms with Crippen molar-refractivity contribution in [2.45, 2.75) is 25.6 Å². The molecule has 2 amide bonds. The molecule has 8 nitrogen and oxygen atoms in total. The minimum atomic E-state index is -0.763. The summed E-state index contributed by atoms with van der Waals surface area (Å²) in [6.45, 7) is 1.97. The van der Waals surface area contributed by atoms with E-state index in [1.165, 1.54) is 24.4 Å². The molecule has 1 fully saturated rings. The van der Waals surface area contributed by atoms with Crippen molar-refractivity contribution in [3.8, 4) is 11.1 Å². The quantitative estimate of drug-likeness (QED) is 0.586. The Morgan fingerprint density at radius 3 is 2.69 bits per heavy atom. The summed E-state index contributed by atoms with van der Waals surface area (Å²) in [5.74, 6) is -2.41. The van der Waals surface area contributed by atoms with Crippen LogP contribution < -0.4 is 10.9 Å². The van der Waals surface area contributed by atoms with Gasteiger partial charge in [-0.25, -0.2) is 4.39 Å². The maximum Gasteiger partial charge on any atom is 0.273 e. The molecule has 35 heavy (non-hydrogen) atoms. The van der Waals surface area contributed by atoms with Gasteiger partial charge in [0.25, 0.3) is 11.5 Å². The summed E-state index contributed by atoms with van der Waals surface area (Å²) >= 11 is 0. The molecule has 2 aliphatic rings. The maximum absolute atomic E-state index is 13.8. The van der Waals surface area contributed by atoms with Gasteiger partial charge in [0.15, 0.2) is 0 Å². The molecule has 1 saturated heterocycles. The molecule has 4 heterocycles. The summed E-state index contributed by atoms with van der Waals surface area (Å²) < 4.78 is 15.4. The van der Waals surface area contributed by atoms with Crippen LogP contribution in [-0.2, 0) is 11.3 Å². The lowest BCUT2D eigenvalue weighted by atomic mass is 9.86. The zero-order valence-electron chi connectivity index (χ0n) is 19.1. The number of fused-ring (bicyclic) bond motifs is 4. The number of nitrogens with one attached hydrogen (secondary N) is 1. The van der Waals surface area contributed by atoms with Gasteiger partial charge in [0.2, 0.25) is 5.91 Å². The van der Waals surface area contributed by atoms with Crippen LogP contribution in [0.15, 0.2) is 65.6 Å². The van der Waals surface area contributed by atoms with Gasteiger partial charge in [0.05, 0.1) is 18.0 Å². The summed E-state index contributed by atoms with van der Waals surface area (Å²) in [6.07, 6.45) is 1.52. The highest BCUT2D eigenvalue weighted by atomic mass is 19.1. The van der Waals surface area contributed by atoms with E-state index in [-0.39, 0.29) is 36.2 Å². The van der Waals surface area contributed by atoms with Crippen molar-refractivity contribution < 1.29 is 19.1 Å². The van der Waals surface area contributed by atoms with Crippen LogP contribution in [0.5, 0.6) is 0 Å². The van der Waals surface area contributed by atoms with Gasteiger partial charge < -0.3 is 19.9 Å². The summed E-state index contributed by atoms with van der Waals surface area (Å²) in [7, 11) is 0. The molecule has 4 atom stereocenters. The van der Waals surface area contributed by atoms with E-state index in [1.807, 2.05) is 0 Å². The van der Waals surface area contributed by atoms with Crippen molar-refractivity contribution in [1.29, 1.82) is 0 Å². The van der Waals surface area contributed by atoms with Crippen LogP contribution in [0.1, 0.15) is 29.1 Å². The van der Waals surface area contributed by atoms with Crippen LogP contribution in [0.3, 0.4) is 0 Å². The number of nitrogens with zero attached hydrogens (tertiary/aromatic N) is 3. The van der Waals surface area contributed by atoms with Crippen molar-refractivity contribution in [2.75, 3.05) is 13.2 Å². The lowest BCUT2D eigenvalue weighted by molar-refractivity contribution is -0.127. The summed E-state index contributed by atoms with van der Waals surface area (Å²) in [5, 5.41) is 13.1. The number of pyridine rings is 2. The Hall–Kier alpha value is -3.85. The molecule has 5 rings (SSSR count). The normalized spacial score (nSPS) is 22.5. The lowest BCUT2D eigenvalue weighted by Crippen LogP contribution is -2.49. The van der Waals surface area contributed by atoms with E-state index in [9.17, 15) is 23.9 Å². The maximum atomic E-state index is 13.8. The first kappa shape index (κ1) is 22.9. The first-order valence-electron chi connectivity index (χ1n) is 11.6. The smallest absolute Gasteiger partial charge is 0.273 e. The second kappa shape index (κ2) is 9.07. The first-order chi connectivity index (χ1) is 17.0. The van der Waals surface area contributed by atoms with E-state index in [2.05, 4.69) is 10.3 Å². The van der Waals surface area contributed by atoms with Gasteiger partial charge in [-0.3, -0.25) is 19.4 Å². The Morgan fingerprint density at radius 2 is 2.00 bits per heavy atom. The second-order valence-electron chi connectivity index (χ2n) is 8.80. The van der Waals surface area contributed by atoms with Gasteiger partial charge in [0, 0.05) is 43.1 Å². The number of rotatable bonds is 5. The monoisotopic (exact) mass is 476 g/mol. The molecule has 2 aliphatic heterocycles. The van der Waals surface area contributed by atoms with Crippen LogP contribution in [0, 0.1) is 17.7 Å². The largest absolute Gasteiger partial charge is 0.396 e. The molecule has 2 bridgehead atoms. The van der Waals surface area contributed by atoms with Gasteiger partial charge in [-0.1, -0.05) is 18.2 Å². The van der Waals surface area contributed by atoms with E-state index in [0.29, 0.717) is 23.4 Å². The molecule has 1 aromatic carbocycles. The van der Waals surface area contributed by atoms with Crippen LogP contribution in [0.2, 0.25) is 0 Å². The Morgan fingerprint density at radius 1 is 1.17 bits per heavy atom. The molecule has 0 saturated carbocycles. The van der Waals surface area contributed by atoms with Gasteiger partial charge in [0.1, 0.15) is 11.5 Å². The number of carbonyl (C=O) groups is 2. The standard InChI is InChI=1S/C26H25FN4O4/c1-2-28-24(33)22-18(14-32)21-13-30-20(23(22)31(21)26(35)19-8-3-4-11-29-19)10-9-17(25(30)34)15-6-5-7-16(27)12-15/h3-12,18,21-23,32H,2,13-14H2,1H3,(H,28,33)/t18-,21-,22+,23+/m1/s1. The fourth-order valence-electron chi connectivity index (χ4n) is 5.47. The highest BCUT2D eigenvalue weighted by molar-refractivity contribution is 5.94. The first-order valence-corrected chi connectivity index (χ1v) is 11.6. The van der Waals surface area contributed by atoms with Crippen LogP contribution in [0.25, 0.3) is 11.1 Å². The lowest BCUT2D eigenvalue weighted by Gasteiger charge is -2.38. The number of hydrogen-bond acceptors (Lipinski definition) is 5. The number of carbonyl (C=O) groups excluding carboxylic acids is 2. The highest BCUT2D eigenvalue weighted by Crippen LogP contribution is 2.49. The Kier molecular flexibility index (Phi) is 5.94. The molecule has 0 radical (unpaired) electrons. The summed E-state index contributed by atoms with van der Waals surface area (Å²) in [4.78, 5) is 46.1. The Labute approximate surface area is 201 Å². The van der Waals surface area contributed by atoms with Gasteiger partial charge in [-0.2, -0.15) is 0 Å². The molecule has 180 valence electrons. The molecule has 0 unspecified atom stereocenters. The minimum absolute atomic E-state index is 0.105. The fourth-order valence-corrected chi connectivity index (χ4v) is 5.47. The van der Waals surface area contributed by atoms with Crippen LogP contribution in [0.4, 0.5) is 4.39 Å². The highest BCUT2D eigenvalue weighted by Gasteiger charge is 2.57. The van der Waals surface area contributed by atoms with E-state index >= 15 is 0 Å². The third-order valence-corrected chi connectivity index (χ3v) is 6.95. The number of benzene rings is 1. The zero-order valence-corrected chi connectivity index (χ0v) is 19.1. The molecule has 2 N–H and O–H groups in total. The van der Waals surface area contributed by atoms with Gasteiger partial charge in [-0.05, 0) is 48.9 Å². The molecular formula is C26H25FN4O4. The van der Waals surface area contributed by atoms with E-state index in [1.54, 1.807) is 52.8 Å². The second-order valence-corrected chi connectivity index (χ2v) is 8.80. The van der Waals surface area contributed by atoms with Crippen molar-refractivity contribution in [3.63, 3.8) is 0 Å². The fraction of sp³-hybridized carbons (Fsp3) is 0.308. The summed E-state index contributed by atoms with van der Waals surface area (Å²) in [5.41, 5.74) is 1.17. The van der Waals surface area contributed by atoms with Crippen LogP contribution in [-0.4, -0.2) is 50.6 Å². The Balaban J connectivity index is 1.67. The number of aromatic nitrogens is 2. The number of halogens is 1. The minimum Gasteiger partial charge on any atom is -0.396 e. The van der Waals surface area contributed by atoms with Gasteiger partial charge in [-0.15, -0.1) is 0 Å². The van der Waals surface area contributed by atoms with Crippen molar-refractivity contribution >= 4 is 11.8 Å².